The van der Waals surface area contributed by atoms with Gasteiger partial charge in [-0.1, -0.05) is 30.3 Å². The molecule has 1 fully saturated rings. The van der Waals surface area contributed by atoms with E-state index < -0.39 is 0 Å². The number of nitrogens with zero attached hydrogens (tertiary/aromatic N) is 1. The average Bonchev–Trinajstić information content (AvgIpc) is 2.46. The second-order valence-corrected chi connectivity index (χ2v) is 4.68. The van der Waals surface area contributed by atoms with Crippen LogP contribution in [-0.2, 0) is 11.3 Å². The van der Waals surface area contributed by atoms with Crippen LogP contribution < -0.4 is 0 Å². The van der Waals surface area contributed by atoms with Crippen molar-refractivity contribution in [3.05, 3.63) is 35.9 Å². The van der Waals surface area contributed by atoms with E-state index in [-0.39, 0.29) is 18.6 Å². The molecule has 0 spiro atoms. The van der Waals surface area contributed by atoms with Crippen LogP contribution in [-0.4, -0.2) is 35.8 Å². The van der Waals surface area contributed by atoms with Gasteiger partial charge in [-0.3, -0.25) is 0 Å². The monoisotopic (exact) mass is 249 g/mol. The van der Waals surface area contributed by atoms with E-state index >= 15 is 0 Å². The molecule has 4 heteroatoms. The van der Waals surface area contributed by atoms with Crippen molar-refractivity contribution in [1.82, 2.24) is 4.90 Å². The Bertz CT molecular complexity index is 380. The molecule has 98 valence electrons. The number of carbonyl (C=O) groups is 1. The molecule has 0 aliphatic carbocycles. The summed E-state index contributed by atoms with van der Waals surface area (Å²) in [6.45, 7) is 1.77. The maximum Gasteiger partial charge on any atom is 0.410 e. The number of hydrogen-bond acceptors (Lipinski definition) is 3. The smallest absolute Gasteiger partial charge is 0.410 e. The Balaban J connectivity index is 1.81. The number of rotatable bonds is 3. The number of hydrogen-bond donors (Lipinski definition) is 1. The zero-order valence-corrected chi connectivity index (χ0v) is 10.4. The molecular formula is C14H19NO3. The third-order valence-corrected chi connectivity index (χ3v) is 3.24. The van der Waals surface area contributed by atoms with Crippen molar-refractivity contribution < 1.29 is 14.6 Å². The lowest BCUT2D eigenvalue weighted by Gasteiger charge is -2.31. The second-order valence-electron chi connectivity index (χ2n) is 4.68. The molecular weight excluding hydrogens is 230 g/mol. The predicted octanol–water partition coefficient (Wildman–Crippen LogP) is 2.03. The van der Waals surface area contributed by atoms with Crippen molar-refractivity contribution in [3.63, 3.8) is 0 Å². The van der Waals surface area contributed by atoms with Gasteiger partial charge in [0, 0.05) is 19.7 Å². The second kappa shape index (κ2) is 6.40. The van der Waals surface area contributed by atoms with E-state index in [1.807, 2.05) is 30.3 Å². The first-order valence-corrected chi connectivity index (χ1v) is 6.36. The molecule has 0 radical (unpaired) electrons. The van der Waals surface area contributed by atoms with Gasteiger partial charge in [0.05, 0.1) is 0 Å². The highest BCUT2D eigenvalue weighted by atomic mass is 16.6. The van der Waals surface area contributed by atoms with Gasteiger partial charge in [-0.2, -0.15) is 0 Å². The Kier molecular flexibility index (Phi) is 4.59. The third-order valence-electron chi connectivity index (χ3n) is 3.24. The van der Waals surface area contributed by atoms with Crippen molar-refractivity contribution in [2.24, 2.45) is 5.92 Å². The Labute approximate surface area is 107 Å². The van der Waals surface area contributed by atoms with E-state index in [9.17, 15) is 4.79 Å². The number of aliphatic hydroxyl groups is 1. The molecule has 1 heterocycles. The van der Waals surface area contributed by atoms with Gasteiger partial charge in [-0.05, 0) is 24.3 Å². The highest BCUT2D eigenvalue weighted by Gasteiger charge is 2.23. The topological polar surface area (TPSA) is 49.8 Å². The summed E-state index contributed by atoms with van der Waals surface area (Å²) < 4.78 is 5.27. The molecule has 1 N–H and O–H groups in total. The predicted molar refractivity (Wildman–Crippen MR) is 68.0 cm³/mol. The molecule has 1 aromatic rings. The van der Waals surface area contributed by atoms with Crippen molar-refractivity contribution >= 4 is 6.09 Å². The minimum Gasteiger partial charge on any atom is -0.445 e. The lowest BCUT2D eigenvalue weighted by molar-refractivity contribution is 0.0686. The minimum atomic E-state index is -0.281. The fourth-order valence-corrected chi connectivity index (χ4v) is 2.19. The number of benzene rings is 1. The van der Waals surface area contributed by atoms with Crippen LogP contribution in [0.5, 0.6) is 0 Å². The van der Waals surface area contributed by atoms with Gasteiger partial charge in [0.25, 0.3) is 0 Å². The van der Waals surface area contributed by atoms with Gasteiger partial charge in [-0.25, -0.2) is 4.79 Å². The maximum atomic E-state index is 11.9. The summed E-state index contributed by atoms with van der Waals surface area (Å²) in [7, 11) is 0. The first-order valence-electron chi connectivity index (χ1n) is 6.36. The van der Waals surface area contributed by atoms with Crippen LogP contribution in [0.25, 0.3) is 0 Å². The van der Waals surface area contributed by atoms with Crippen LogP contribution in [0.3, 0.4) is 0 Å². The van der Waals surface area contributed by atoms with Crippen LogP contribution in [0.4, 0.5) is 4.79 Å². The lowest BCUT2D eigenvalue weighted by atomic mass is 10.00. The zero-order chi connectivity index (χ0) is 12.8. The number of likely N-dealkylation sites (tertiary alicyclic amines) is 1. The van der Waals surface area contributed by atoms with Crippen LogP contribution in [0.1, 0.15) is 18.4 Å². The summed E-state index contributed by atoms with van der Waals surface area (Å²) >= 11 is 0. The number of aliphatic hydroxyl groups excluding tert-OH is 1. The van der Waals surface area contributed by atoms with E-state index in [1.54, 1.807) is 4.90 Å². The highest BCUT2D eigenvalue weighted by molar-refractivity contribution is 5.67. The molecule has 1 aromatic carbocycles. The van der Waals surface area contributed by atoms with Gasteiger partial charge in [0.1, 0.15) is 6.61 Å². The Morgan fingerprint density at radius 2 is 2.17 bits per heavy atom. The Morgan fingerprint density at radius 1 is 1.39 bits per heavy atom. The van der Waals surface area contributed by atoms with Crippen molar-refractivity contribution in [3.8, 4) is 0 Å². The molecule has 0 bridgehead atoms. The number of ether oxygens (including phenoxy) is 1. The van der Waals surface area contributed by atoms with Gasteiger partial charge < -0.3 is 14.7 Å². The molecule has 0 aromatic heterocycles. The summed E-state index contributed by atoms with van der Waals surface area (Å²) in [6.07, 6.45) is 1.64. The van der Waals surface area contributed by atoms with Crippen molar-refractivity contribution in [2.75, 3.05) is 19.7 Å². The van der Waals surface area contributed by atoms with E-state index in [1.165, 1.54) is 0 Å². The Morgan fingerprint density at radius 3 is 2.89 bits per heavy atom. The Hall–Kier alpha value is -1.55. The minimum absolute atomic E-state index is 0.141. The average molecular weight is 249 g/mol. The first-order chi connectivity index (χ1) is 8.79. The fourth-order valence-electron chi connectivity index (χ4n) is 2.19. The van der Waals surface area contributed by atoms with Gasteiger partial charge in [-0.15, -0.1) is 0 Å². The summed E-state index contributed by atoms with van der Waals surface area (Å²) in [4.78, 5) is 13.5. The quantitative estimate of drug-likeness (QED) is 0.891. The van der Waals surface area contributed by atoms with E-state index in [2.05, 4.69) is 0 Å². The first kappa shape index (κ1) is 12.9. The van der Waals surface area contributed by atoms with E-state index in [4.69, 9.17) is 9.84 Å². The number of carbonyl (C=O) groups excluding carboxylic acids is 1. The van der Waals surface area contributed by atoms with Crippen LogP contribution in [0.15, 0.2) is 30.3 Å². The molecule has 1 amide bonds. The van der Waals surface area contributed by atoms with Crippen LogP contribution in [0.2, 0.25) is 0 Å². The summed E-state index contributed by atoms with van der Waals surface area (Å²) in [5.74, 6) is 0.197. The lowest BCUT2D eigenvalue weighted by Crippen LogP contribution is -2.41. The molecule has 1 atom stereocenters. The molecule has 1 aliphatic heterocycles. The van der Waals surface area contributed by atoms with Gasteiger partial charge >= 0.3 is 6.09 Å². The summed E-state index contributed by atoms with van der Waals surface area (Å²) in [5, 5.41) is 9.12. The summed E-state index contributed by atoms with van der Waals surface area (Å²) in [5.41, 5.74) is 0.988. The normalized spacial score (nSPS) is 19.6. The molecule has 2 rings (SSSR count). The number of amides is 1. The molecule has 1 aliphatic rings. The van der Waals surface area contributed by atoms with Crippen LogP contribution in [0, 0.1) is 5.92 Å². The molecule has 1 saturated heterocycles. The fraction of sp³-hybridized carbons (Fsp3) is 0.500. The van der Waals surface area contributed by atoms with E-state index in [0.29, 0.717) is 13.2 Å². The molecule has 0 unspecified atom stereocenters. The molecule has 0 saturated carbocycles. The van der Waals surface area contributed by atoms with Crippen molar-refractivity contribution in [1.29, 1.82) is 0 Å². The zero-order valence-electron chi connectivity index (χ0n) is 10.4. The van der Waals surface area contributed by atoms with Gasteiger partial charge in [0.2, 0.25) is 0 Å². The summed E-state index contributed by atoms with van der Waals surface area (Å²) in [6, 6.07) is 9.64. The maximum absolute atomic E-state index is 11.9. The van der Waals surface area contributed by atoms with E-state index in [0.717, 1.165) is 24.9 Å². The van der Waals surface area contributed by atoms with Crippen molar-refractivity contribution in [2.45, 2.75) is 19.4 Å². The van der Waals surface area contributed by atoms with Gasteiger partial charge in [0.15, 0.2) is 0 Å². The third kappa shape index (κ3) is 3.47. The standard InChI is InChI=1S/C14H19NO3/c16-10-13-7-4-8-15(9-13)14(17)18-11-12-5-2-1-3-6-12/h1-3,5-6,13,16H,4,7-11H2/t13-/m0/s1. The highest BCUT2D eigenvalue weighted by Crippen LogP contribution is 2.16. The SMILES string of the molecule is O=C(OCc1ccccc1)N1CCC[C@H](CO)C1. The largest absolute Gasteiger partial charge is 0.445 e. The number of piperidine rings is 1. The molecule has 18 heavy (non-hydrogen) atoms. The van der Waals surface area contributed by atoms with Crippen LogP contribution >= 0.6 is 0 Å². The molecule has 4 nitrogen and oxygen atoms in total.